The third-order valence-corrected chi connectivity index (χ3v) is 5.67. The summed E-state index contributed by atoms with van der Waals surface area (Å²) in [6, 6.07) is 4.54. The average molecular weight is 370 g/mol. The molecular weight excluding hydrogens is 352 g/mol. The number of hydrogen-bond acceptors (Lipinski definition) is 6. The Hall–Kier alpha value is -2.54. The summed E-state index contributed by atoms with van der Waals surface area (Å²) in [5, 5.41) is 2.87. The molecule has 2 amide bonds. The van der Waals surface area contributed by atoms with Crippen molar-refractivity contribution in [3.8, 4) is 0 Å². The molecule has 4 rings (SSSR count). The van der Waals surface area contributed by atoms with E-state index in [4.69, 9.17) is 4.74 Å². The van der Waals surface area contributed by atoms with Gasteiger partial charge in [-0.3, -0.25) is 14.5 Å². The number of nitrogens with zero attached hydrogens (tertiary/aromatic N) is 2. The number of imide groups is 1. The van der Waals surface area contributed by atoms with Gasteiger partial charge < -0.3 is 4.74 Å². The molecule has 0 N–H and O–H groups in total. The molecule has 0 bridgehead atoms. The van der Waals surface area contributed by atoms with Gasteiger partial charge in [0.25, 0.3) is 11.8 Å². The Bertz CT molecular complexity index is 914. The van der Waals surface area contributed by atoms with Crippen molar-refractivity contribution >= 4 is 29.1 Å². The smallest absolute Gasteiger partial charge is 0.338 e. The van der Waals surface area contributed by atoms with Crippen LogP contribution in [0.2, 0.25) is 0 Å². The quantitative estimate of drug-likeness (QED) is 0.596. The number of carbonyl (C=O) groups is 3. The third kappa shape index (κ3) is 2.92. The van der Waals surface area contributed by atoms with Crippen molar-refractivity contribution < 1.29 is 19.1 Å². The maximum atomic E-state index is 12.5. The van der Waals surface area contributed by atoms with Gasteiger partial charge in [-0.2, -0.15) is 0 Å². The first kappa shape index (κ1) is 16.9. The molecular formula is C19H18N2O4S. The minimum Gasteiger partial charge on any atom is -0.456 e. The van der Waals surface area contributed by atoms with Gasteiger partial charge in [0.2, 0.25) is 0 Å². The summed E-state index contributed by atoms with van der Waals surface area (Å²) in [4.78, 5) is 42.8. The van der Waals surface area contributed by atoms with Gasteiger partial charge >= 0.3 is 5.97 Å². The summed E-state index contributed by atoms with van der Waals surface area (Å²) in [6.07, 6.45) is 1.71. The maximum Gasteiger partial charge on any atom is 0.338 e. The van der Waals surface area contributed by atoms with E-state index in [9.17, 15) is 14.4 Å². The fourth-order valence-electron chi connectivity index (χ4n) is 2.93. The molecule has 1 fully saturated rings. The van der Waals surface area contributed by atoms with Gasteiger partial charge in [-0.05, 0) is 31.0 Å². The van der Waals surface area contributed by atoms with Crippen molar-refractivity contribution in [1.82, 2.24) is 9.88 Å². The number of ether oxygens (including phenoxy) is 1. The first-order valence-corrected chi connectivity index (χ1v) is 9.47. The zero-order valence-electron chi connectivity index (χ0n) is 14.5. The van der Waals surface area contributed by atoms with E-state index in [0.717, 1.165) is 17.8 Å². The minimum absolute atomic E-state index is 0.0117. The molecule has 2 aromatic rings. The Kier molecular flexibility index (Phi) is 4.11. The summed E-state index contributed by atoms with van der Waals surface area (Å²) in [5.41, 5.74) is 1.62. The predicted molar refractivity (Wildman–Crippen MR) is 95.3 cm³/mol. The minimum atomic E-state index is -0.531. The molecule has 0 radical (unpaired) electrons. The Morgan fingerprint density at radius 2 is 2.00 bits per heavy atom. The number of carbonyl (C=O) groups excluding carboxylic acids is 3. The highest BCUT2D eigenvalue weighted by Crippen LogP contribution is 2.35. The molecule has 26 heavy (non-hydrogen) atoms. The molecule has 2 aliphatic rings. The Balaban J connectivity index is 1.47. The number of aromatic nitrogens is 1. The Labute approximate surface area is 154 Å². The average Bonchev–Trinajstić information content (AvgIpc) is 3.27. The number of thiazole rings is 1. The van der Waals surface area contributed by atoms with Gasteiger partial charge in [-0.1, -0.05) is 13.8 Å². The van der Waals surface area contributed by atoms with Crippen molar-refractivity contribution in [1.29, 1.82) is 0 Å². The van der Waals surface area contributed by atoms with Crippen LogP contribution in [-0.2, 0) is 11.3 Å². The lowest BCUT2D eigenvalue weighted by atomic mass is 10.1. The normalized spacial score (nSPS) is 16.3. The second-order valence-electron chi connectivity index (χ2n) is 6.88. The zero-order chi connectivity index (χ0) is 18.4. The van der Waals surface area contributed by atoms with Gasteiger partial charge in [0, 0.05) is 17.3 Å². The summed E-state index contributed by atoms with van der Waals surface area (Å²) in [7, 11) is 0. The maximum absolute atomic E-state index is 12.5. The summed E-state index contributed by atoms with van der Waals surface area (Å²) in [5.74, 6) is -0.782. The zero-order valence-corrected chi connectivity index (χ0v) is 15.3. The van der Waals surface area contributed by atoms with Gasteiger partial charge in [0.1, 0.15) is 6.61 Å². The molecule has 2 heterocycles. The van der Waals surface area contributed by atoms with E-state index in [1.165, 1.54) is 23.1 Å². The van der Waals surface area contributed by atoms with E-state index in [1.807, 2.05) is 5.38 Å². The Morgan fingerprint density at radius 3 is 2.65 bits per heavy atom. The molecule has 0 saturated heterocycles. The van der Waals surface area contributed by atoms with Crippen molar-refractivity contribution in [2.45, 2.75) is 45.3 Å². The fourth-order valence-corrected chi connectivity index (χ4v) is 3.75. The first-order valence-electron chi connectivity index (χ1n) is 8.59. The predicted octanol–water partition coefficient (Wildman–Crippen LogP) is 3.38. The monoisotopic (exact) mass is 370 g/mol. The molecule has 1 saturated carbocycles. The lowest BCUT2D eigenvalue weighted by Gasteiger charge is -2.11. The van der Waals surface area contributed by atoms with E-state index in [2.05, 4.69) is 18.8 Å². The lowest BCUT2D eigenvalue weighted by Crippen LogP contribution is -2.31. The highest BCUT2D eigenvalue weighted by atomic mass is 32.1. The van der Waals surface area contributed by atoms with Crippen LogP contribution in [0.3, 0.4) is 0 Å². The molecule has 6 nitrogen and oxygen atoms in total. The van der Waals surface area contributed by atoms with Gasteiger partial charge in [-0.25, -0.2) is 9.78 Å². The molecule has 0 atom stereocenters. The van der Waals surface area contributed by atoms with Gasteiger partial charge in [0.05, 0.1) is 27.4 Å². The van der Waals surface area contributed by atoms with E-state index >= 15 is 0 Å². The highest BCUT2D eigenvalue weighted by molar-refractivity contribution is 7.09. The van der Waals surface area contributed by atoms with E-state index in [0.29, 0.717) is 17.2 Å². The van der Waals surface area contributed by atoms with Crippen LogP contribution < -0.4 is 0 Å². The third-order valence-electron chi connectivity index (χ3n) is 4.48. The number of benzene rings is 1. The number of fused-ring (bicyclic) bond motifs is 1. The van der Waals surface area contributed by atoms with Crippen LogP contribution in [0.25, 0.3) is 0 Å². The standard InChI is InChI=1S/C19H18N2O4S/c1-10(2)16-20-12(9-26-16)8-25-19(24)11-3-6-14-15(7-11)18(23)21(17(14)22)13-4-5-13/h3,6-7,9-10,13H,4-5,8H2,1-2H3. The van der Waals surface area contributed by atoms with Gasteiger partial charge in [-0.15, -0.1) is 11.3 Å². The number of esters is 1. The number of rotatable bonds is 5. The molecule has 7 heteroatoms. The largest absolute Gasteiger partial charge is 0.456 e. The number of amides is 2. The van der Waals surface area contributed by atoms with Crippen molar-refractivity contribution in [3.05, 3.63) is 51.0 Å². The van der Waals surface area contributed by atoms with Crippen LogP contribution in [0.4, 0.5) is 0 Å². The van der Waals surface area contributed by atoms with Crippen LogP contribution in [-0.4, -0.2) is 33.7 Å². The summed E-state index contributed by atoms with van der Waals surface area (Å²) >= 11 is 1.54. The molecule has 1 aliphatic carbocycles. The second-order valence-corrected chi connectivity index (χ2v) is 7.77. The van der Waals surface area contributed by atoms with Crippen LogP contribution in [0.5, 0.6) is 0 Å². The molecule has 1 aliphatic heterocycles. The van der Waals surface area contributed by atoms with Gasteiger partial charge in [0.15, 0.2) is 0 Å². The van der Waals surface area contributed by atoms with Crippen LogP contribution in [0, 0.1) is 0 Å². The molecule has 0 spiro atoms. The molecule has 134 valence electrons. The van der Waals surface area contributed by atoms with Crippen LogP contribution in [0.1, 0.15) is 74.4 Å². The highest BCUT2D eigenvalue weighted by Gasteiger charge is 2.44. The SMILES string of the molecule is CC(C)c1nc(COC(=O)c2ccc3c(c2)C(=O)N(C2CC2)C3=O)cs1. The van der Waals surface area contributed by atoms with Crippen molar-refractivity contribution in [3.63, 3.8) is 0 Å². The fraction of sp³-hybridized carbons (Fsp3) is 0.368. The molecule has 1 aromatic carbocycles. The van der Waals surface area contributed by atoms with Crippen molar-refractivity contribution in [2.75, 3.05) is 0 Å². The van der Waals surface area contributed by atoms with E-state index in [-0.39, 0.29) is 35.6 Å². The number of hydrogen-bond donors (Lipinski definition) is 0. The molecule has 1 aromatic heterocycles. The van der Waals surface area contributed by atoms with E-state index < -0.39 is 5.97 Å². The summed E-state index contributed by atoms with van der Waals surface area (Å²) in [6.45, 7) is 4.20. The second kappa shape index (κ2) is 6.32. The molecule has 0 unspecified atom stereocenters. The topological polar surface area (TPSA) is 76.6 Å². The first-order chi connectivity index (χ1) is 12.5. The van der Waals surface area contributed by atoms with Crippen LogP contribution in [0.15, 0.2) is 23.6 Å². The summed E-state index contributed by atoms with van der Waals surface area (Å²) < 4.78 is 5.31. The lowest BCUT2D eigenvalue weighted by molar-refractivity contribution is 0.0468. The van der Waals surface area contributed by atoms with Crippen molar-refractivity contribution in [2.24, 2.45) is 0 Å². The van der Waals surface area contributed by atoms with E-state index in [1.54, 1.807) is 11.3 Å². The van der Waals surface area contributed by atoms with Crippen LogP contribution >= 0.6 is 11.3 Å². The Morgan fingerprint density at radius 1 is 1.27 bits per heavy atom.